The first-order valence-corrected chi connectivity index (χ1v) is 4.66. The van der Waals surface area contributed by atoms with Crippen LogP contribution in [0.1, 0.15) is 12.5 Å². The zero-order valence-corrected chi connectivity index (χ0v) is 8.90. The summed E-state index contributed by atoms with van der Waals surface area (Å²) in [6.07, 6.45) is 5.06. The number of carbonyl (C=O) groups is 1. The summed E-state index contributed by atoms with van der Waals surface area (Å²) in [4.78, 5) is 10.7. The molecule has 16 heavy (non-hydrogen) atoms. The SMILES string of the molecule is C#CCOc1cc(OC(C)=O)ccc1CO. The van der Waals surface area contributed by atoms with Crippen LogP contribution < -0.4 is 9.47 Å². The molecule has 0 aliphatic carbocycles. The van der Waals surface area contributed by atoms with E-state index in [9.17, 15) is 4.79 Å². The van der Waals surface area contributed by atoms with Gasteiger partial charge in [-0.1, -0.05) is 5.92 Å². The number of ether oxygens (including phenoxy) is 2. The van der Waals surface area contributed by atoms with Gasteiger partial charge >= 0.3 is 5.97 Å². The third-order valence-electron chi connectivity index (χ3n) is 1.78. The molecule has 4 nitrogen and oxygen atoms in total. The van der Waals surface area contributed by atoms with Crippen LogP contribution >= 0.6 is 0 Å². The Bertz CT molecular complexity index is 418. The number of terminal acetylenes is 1. The lowest BCUT2D eigenvalue weighted by molar-refractivity contribution is -0.131. The lowest BCUT2D eigenvalue weighted by atomic mass is 10.2. The summed E-state index contributed by atoms with van der Waals surface area (Å²) in [5, 5.41) is 9.05. The lowest BCUT2D eigenvalue weighted by Gasteiger charge is -2.09. The van der Waals surface area contributed by atoms with E-state index < -0.39 is 5.97 Å². The first-order valence-electron chi connectivity index (χ1n) is 4.66. The van der Waals surface area contributed by atoms with Crippen LogP contribution in [0.3, 0.4) is 0 Å². The quantitative estimate of drug-likeness (QED) is 0.469. The Morgan fingerprint density at radius 1 is 1.56 bits per heavy atom. The number of hydrogen-bond donors (Lipinski definition) is 1. The van der Waals surface area contributed by atoms with Gasteiger partial charge < -0.3 is 14.6 Å². The fraction of sp³-hybridized carbons (Fsp3) is 0.250. The molecule has 0 amide bonds. The second-order valence-electron chi connectivity index (χ2n) is 3.01. The molecule has 1 aromatic rings. The molecule has 0 spiro atoms. The first kappa shape index (κ1) is 12.1. The Labute approximate surface area is 93.8 Å². The van der Waals surface area contributed by atoms with E-state index in [1.165, 1.54) is 13.0 Å². The average molecular weight is 220 g/mol. The van der Waals surface area contributed by atoms with E-state index >= 15 is 0 Å². The molecule has 0 aliphatic heterocycles. The highest BCUT2D eigenvalue weighted by Crippen LogP contribution is 2.25. The minimum atomic E-state index is -0.417. The van der Waals surface area contributed by atoms with E-state index in [4.69, 9.17) is 21.0 Å². The fourth-order valence-electron chi connectivity index (χ4n) is 1.15. The van der Waals surface area contributed by atoms with Crippen molar-refractivity contribution in [1.29, 1.82) is 0 Å². The first-order chi connectivity index (χ1) is 7.67. The molecule has 0 atom stereocenters. The summed E-state index contributed by atoms with van der Waals surface area (Å²) in [6.45, 7) is 1.23. The van der Waals surface area contributed by atoms with Gasteiger partial charge in [-0.15, -0.1) is 6.42 Å². The predicted octanol–water partition coefficient (Wildman–Crippen LogP) is 1.12. The van der Waals surface area contributed by atoms with Crippen LogP contribution in [-0.4, -0.2) is 17.7 Å². The summed E-state index contributed by atoms with van der Waals surface area (Å²) in [7, 11) is 0. The van der Waals surface area contributed by atoms with Crippen molar-refractivity contribution in [3.8, 4) is 23.8 Å². The van der Waals surface area contributed by atoms with Crippen molar-refractivity contribution in [2.24, 2.45) is 0 Å². The smallest absolute Gasteiger partial charge is 0.308 e. The molecule has 4 heteroatoms. The molecule has 0 aromatic heterocycles. The Kier molecular flexibility index (Phi) is 4.37. The Hall–Kier alpha value is -1.99. The molecule has 0 aliphatic rings. The zero-order valence-electron chi connectivity index (χ0n) is 8.90. The summed E-state index contributed by atoms with van der Waals surface area (Å²) in [6, 6.07) is 4.71. The van der Waals surface area contributed by atoms with E-state index in [0.29, 0.717) is 17.1 Å². The highest BCUT2D eigenvalue weighted by Gasteiger charge is 2.06. The van der Waals surface area contributed by atoms with E-state index in [2.05, 4.69) is 5.92 Å². The molecule has 0 radical (unpaired) electrons. The molecule has 0 bridgehead atoms. The van der Waals surface area contributed by atoms with Gasteiger partial charge in [0.15, 0.2) is 0 Å². The molecule has 0 heterocycles. The third-order valence-corrected chi connectivity index (χ3v) is 1.78. The number of aliphatic hydroxyl groups is 1. The van der Waals surface area contributed by atoms with Crippen molar-refractivity contribution >= 4 is 5.97 Å². The van der Waals surface area contributed by atoms with Crippen molar-refractivity contribution in [2.45, 2.75) is 13.5 Å². The van der Waals surface area contributed by atoms with Crippen LogP contribution in [0, 0.1) is 12.3 Å². The van der Waals surface area contributed by atoms with Gasteiger partial charge in [0.2, 0.25) is 0 Å². The van der Waals surface area contributed by atoms with Gasteiger partial charge in [0.1, 0.15) is 18.1 Å². The normalized spacial score (nSPS) is 9.31. The Morgan fingerprint density at radius 2 is 2.31 bits per heavy atom. The zero-order chi connectivity index (χ0) is 12.0. The van der Waals surface area contributed by atoms with Crippen LogP contribution in [0.25, 0.3) is 0 Å². The van der Waals surface area contributed by atoms with Crippen molar-refractivity contribution < 1.29 is 19.4 Å². The van der Waals surface area contributed by atoms with Crippen molar-refractivity contribution in [3.05, 3.63) is 23.8 Å². The molecular formula is C12H12O4. The van der Waals surface area contributed by atoms with Gasteiger partial charge in [-0.3, -0.25) is 4.79 Å². The number of hydrogen-bond acceptors (Lipinski definition) is 4. The van der Waals surface area contributed by atoms with Crippen molar-refractivity contribution in [3.63, 3.8) is 0 Å². The molecule has 1 rings (SSSR count). The molecule has 1 aromatic carbocycles. The summed E-state index contributed by atoms with van der Waals surface area (Å²) >= 11 is 0. The second kappa shape index (κ2) is 5.79. The standard InChI is InChI=1S/C12H12O4/c1-3-6-15-12-7-11(16-9(2)14)5-4-10(12)8-13/h1,4-5,7,13H,6,8H2,2H3. The second-order valence-corrected chi connectivity index (χ2v) is 3.01. The van der Waals surface area contributed by atoms with Gasteiger partial charge in [0.05, 0.1) is 6.61 Å². The number of esters is 1. The van der Waals surface area contributed by atoms with Crippen molar-refractivity contribution in [2.75, 3.05) is 6.61 Å². The Balaban J connectivity index is 2.92. The van der Waals surface area contributed by atoms with Gasteiger partial charge in [-0.2, -0.15) is 0 Å². The van der Waals surface area contributed by atoms with Crippen LogP contribution in [0.5, 0.6) is 11.5 Å². The highest BCUT2D eigenvalue weighted by atomic mass is 16.5. The highest BCUT2D eigenvalue weighted by molar-refractivity contribution is 5.69. The number of aliphatic hydroxyl groups excluding tert-OH is 1. The van der Waals surface area contributed by atoms with E-state index in [0.717, 1.165) is 0 Å². The summed E-state index contributed by atoms with van der Waals surface area (Å²) < 4.78 is 10.1. The maximum absolute atomic E-state index is 10.7. The molecule has 0 fully saturated rings. The third kappa shape index (κ3) is 3.30. The van der Waals surface area contributed by atoms with Crippen LogP contribution in [-0.2, 0) is 11.4 Å². The molecule has 0 saturated heterocycles. The monoisotopic (exact) mass is 220 g/mol. The maximum atomic E-state index is 10.7. The minimum Gasteiger partial charge on any atom is -0.480 e. The molecule has 0 unspecified atom stereocenters. The van der Waals surface area contributed by atoms with Gasteiger partial charge in [-0.05, 0) is 12.1 Å². The molecular weight excluding hydrogens is 208 g/mol. The van der Waals surface area contributed by atoms with Crippen LogP contribution in [0.15, 0.2) is 18.2 Å². The average Bonchev–Trinajstić information content (AvgIpc) is 2.25. The number of rotatable bonds is 4. The molecule has 84 valence electrons. The number of benzene rings is 1. The van der Waals surface area contributed by atoms with E-state index in [1.807, 2.05) is 0 Å². The summed E-state index contributed by atoms with van der Waals surface area (Å²) in [5.41, 5.74) is 0.589. The van der Waals surface area contributed by atoms with E-state index in [1.54, 1.807) is 12.1 Å². The predicted molar refractivity (Wildman–Crippen MR) is 58.0 cm³/mol. The summed E-state index contributed by atoms with van der Waals surface area (Å²) in [5.74, 6) is 2.67. The minimum absolute atomic E-state index is 0.0938. The van der Waals surface area contributed by atoms with E-state index in [-0.39, 0.29) is 13.2 Å². The van der Waals surface area contributed by atoms with Crippen LogP contribution in [0.4, 0.5) is 0 Å². The fourth-order valence-corrected chi connectivity index (χ4v) is 1.15. The van der Waals surface area contributed by atoms with Gasteiger partial charge in [0, 0.05) is 18.6 Å². The van der Waals surface area contributed by atoms with Crippen LogP contribution in [0.2, 0.25) is 0 Å². The Morgan fingerprint density at radius 3 is 2.88 bits per heavy atom. The van der Waals surface area contributed by atoms with Gasteiger partial charge in [-0.25, -0.2) is 0 Å². The topological polar surface area (TPSA) is 55.8 Å². The molecule has 0 saturated carbocycles. The lowest BCUT2D eigenvalue weighted by Crippen LogP contribution is -2.03. The molecule has 1 N–H and O–H groups in total. The maximum Gasteiger partial charge on any atom is 0.308 e. The largest absolute Gasteiger partial charge is 0.480 e. The number of carbonyl (C=O) groups excluding carboxylic acids is 1. The van der Waals surface area contributed by atoms with Gasteiger partial charge in [0.25, 0.3) is 0 Å². The van der Waals surface area contributed by atoms with Crippen molar-refractivity contribution in [1.82, 2.24) is 0 Å².